The number of hydrogen-bond acceptors (Lipinski definition) is 3. The van der Waals surface area contributed by atoms with E-state index in [-0.39, 0.29) is 0 Å². The van der Waals surface area contributed by atoms with Crippen molar-refractivity contribution in [1.82, 2.24) is 14.9 Å². The monoisotopic (exact) mass is 190 g/mol. The number of likely N-dealkylation sites (tertiary alicyclic amines) is 1. The fraction of sp³-hybridized carbons (Fsp3) is 0.500. The Hall–Kier alpha value is -1.45. The minimum atomic E-state index is 0.534. The molecule has 0 aromatic carbocycles. The molecule has 1 aromatic rings. The summed E-state index contributed by atoms with van der Waals surface area (Å²) in [6.07, 6.45) is 6.84. The molecule has 0 bridgehead atoms. The van der Waals surface area contributed by atoms with E-state index < -0.39 is 0 Å². The van der Waals surface area contributed by atoms with Crippen LogP contribution in [0.25, 0.3) is 0 Å². The van der Waals surface area contributed by atoms with Crippen molar-refractivity contribution in [2.45, 2.75) is 19.3 Å². The molecule has 4 nitrogen and oxygen atoms in total. The Morgan fingerprint density at radius 1 is 1.29 bits per heavy atom. The van der Waals surface area contributed by atoms with Gasteiger partial charge in [-0.1, -0.05) is 0 Å². The van der Waals surface area contributed by atoms with E-state index in [1.54, 1.807) is 12.3 Å². The quantitative estimate of drug-likeness (QED) is 0.536. The summed E-state index contributed by atoms with van der Waals surface area (Å²) in [5.74, 6) is 0.534. The van der Waals surface area contributed by atoms with E-state index in [4.69, 9.17) is 5.41 Å². The number of nitrogens with one attached hydrogen (secondary N) is 1. The third-order valence-electron chi connectivity index (χ3n) is 2.50. The van der Waals surface area contributed by atoms with Gasteiger partial charge in [0.25, 0.3) is 0 Å². The molecule has 0 atom stereocenters. The number of nitrogens with zero attached hydrogens (tertiary/aromatic N) is 3. The first kappa shape index (κ1) is 9.12. The maximum atomic E-state index is 7.96. The molecule has 1 aliphatic rings. The first-order chi connectivity index (χ1) is 6.88. The third kappa shape index (κ3) is 1.89. The lowest BCUT2D eigenvalue weighted by atomic mass is 10.1. The van der Waals surface area contributed by atoms with Crippen LogP contribution in [0.2, 0.25) is 0 Å². The Kier molecular flexibility index (Phi) is 2.72. The van der Waals surface area contributed by atoms with Gasteiger partial charge in [0.05, 0.1) is 0 Å². The van der Waals surface area contributed by atoms with E-state index in [0.29, 0.717) is 5.84 Å². The molecule has 0 aliphatic carbocycles. The Labute approximate surface area is 83.5 Å². The second-order valence-corrected chi connectivity index (χ2v) is 3.49. The normalized spacial score (nSPS) is 16.7. The lowest BCUT2D eigenvalue weighted by Gasteiger charge is -2.28. The van der Waals surface area contributed by atoms with Crippen molar-refractivity contribution in [3.05, 3.63) is 24.3 Å². The van der Waals surface area contributed by atoms with Gasteiger partial charge < -0.3 is 4.90 Å². The minimum Gasteiger partial charge on any atom is -0.355 e. The zero-order chi connectivity index (χ0) is 9.80. The maximum Gasteiger partial charge on any atom is 0.147 e. The predicted octanol–water partition coefficient (Wildman–Crippen LogP) is 1.29. The zero-order valence-electron chi connectivity index (χ0n) is 8.11. The Balaban J connectivity index is 2.07. The molecule has 1 aromatic heterocycles. The van der Waals surface area contributed by atoms with Crippen molar-refractivity contribution < 1.29 is 0 Å². The number of amidine groups is 1. The van der Waals surface area contributed by atoms with E-state index in [1.165, 1.54) is 25.6 Å². The van der Waals surface area contributed by atoms with E-state index in [0.717, 1.165) is 18.8 Å². The summed E-state index contributed by atoms with van der Waals surface area (Å²) in [6.45, 7) is 1.98. The first-order valence-corrected chi connectivity index (χ1v) is 4.98. The highest BCUT2D eigenvalue weighted by Gasteiger charge is 2.15. The fourth-order valence-electron chi connectivity index (χ4n) is 1.71. The third-order valence-corrected chi connectivity index (χ3v) is 2.50. The first-order valence-electron chi connectivity index (χ1n) is 4.98. The van der Waals surface area contributed by atoms with Crippen LogP contribution in [0.4, 0.5) is 0 Å². The van der Waals surface area contributed by atoms with Gasteiger partial charge in [-0.05, 0) is 25.3 Å². The van der Waals surface area contributed by atoms with Crippen LogP contribution in [0, 0.1) is 5.41 Å². The molecule has 0 saturated carbocycles. The van der Waals surface area contributed by atoms with Crippen LogP contribution in [0.1, 0.15) is 25.0 Å². The molecule has 1 fully saturated rings. The molecule has 2 heterocycles. The molecular formula is C10H14N4. The molecule has 14 heavy (non-hydrogen) atoms. The van der Waals surface area contributed by atoms with Gasteiger partial charge in [-0.3, -0.25) is 5.41 Å². The van der Waals surface area contributed by atoms with Gasteiger partial charge in [-0.25, -0.2) is 9.97 Å². The topological polar surface area (TPSA) is 52.9 Å². The highest BCUT2D eigenvalue weighted by molar-refractivity contribution is 5.94. The average molecular weight is 190 g/mol. The lowest BCUT2D eigenvalue weighted by Crippen LogP contribution is -2.36. The highest BCUT2D eigenvalue weighted by Crippen LogP contribution is 2.11. The average Bonchev–Trinajstić information content (AvgIpc) is 2.30. The summed E-state index contributed by atoms with van der Waals surface area (Å²) in [7, 11) is 0. The van der Waals surface area contributed by atoms with Gasteiger partial charge >= 0.3 is 0 Å². The van der Waals surface area contributed by atoms with Gasteiger partial charge in [0.15, 0.2) is 0 Å². The number of piperidine rings is 1. The largest absolute Gasteiger partial charge is 0.355 e. The molecule has 0 radical (unpaired) electrons. The second kappa shape index (κ2) is 4.17. The highest BCUT2D eigenvalue weighted by atomic mass is 15.2. The molecule has 0 spiro atoms. The number of rotatable bonds is 1. The van der Waals surface area contributed by atoms with Crippen molar-refractivity contribution in [2.24, 2.45) is 0 Å². The van der Waals surface area contributed by atoms with Crippen molar-refractivity contribution in [2.75, 3.05) is 13.1 Å². The van der Waals surface area contributed by atoms with Crippen LogP contribution in [-0.4, -0.2) is 33.8 Å². The summed E-state index contributed by atoms with van der Waals surface area (Å²) in [6, 6.07) is 1.79. The van der Waals surface area contributed by atoms with E-state index in [9.17, 15) is 0 Å². The Morgan fingerprint density at radius 2 is 2.07 bits per heavy atom. The van der Waals surface area contributed by atoms with Gasteiger partial charge in [-0.2, -0.15) is 0 Å². The molecule has 2 rings (SSSR count). The van der Waals surface area contributed by atoms with Crippen molar-refractivity contribution >= 4 is 5.84 Å². The molecule has 74 valence electrons. The van der Waals surface area contributed by atoms with Crippen LogP contribution in [-0.2, 0) is 0 Å². The maximum absolute atomic E-state index is 7.96. The van der Waals surface area contributed by atoms with Gasteiger partial charge in [0.1, 0.15) is 17.9 Å². The van der Waals surface area contributed by atoms with Crippen LogP contribution in [0.15, 0.2) is 18.6 Å². The molecule has 1 saturated heterocycles. The summed E-state index contributed by atoms with van der Waals surface area (Å²) in [5, 5.41) is 7.96. The van der Waals surface area contributed by atoms with Crippen molar-refractivity contribution in [1.29, 1.82) is 5.41 Å². The number of hydrogen-bond donors (Lipinski definition) is 1. The van der Waals surface area contributed by atoms with Crippen LogP contribution in [0.5, 0.6) is 0 Å². The Morgan fingerprint density at radius 3 is 2.71 bits per heavy atom. The van der Waals surface area contributed by atoms with Crippen LogP contribution >= 0.6 is 0 Å². The molecule has 1 N–H and O–H groups in total. The molecule has 4 heteroatoms. The predicted molar refractivity (Wildman–Crippen MR) is 54.3 cm³/mol. The SMILES string of the molecule is N=C(c1ccncn1)N1CCCCC1. The minimum absolute atomic E-state index is 0.534. The van der Waals surface area contributed by atoms with Crippen LogP contribution < -0.4 is 0 Å². The summed E-state index contributed by atoms with van der Waals surface area (Å²) in [4.78, 5) is 10.0. The molecular weight excluding hydrogens is 176 g/mol. The lowest BCUT2D eigenvalue weighted by molar-refractivity contribution is 0.340. The molecule has 0 amide bonds. The molecule has 0 unspecified atom stereocenters. The summed E-state index contributed by atoms with van der Waals surface area (Å²) < 4.78 is 0. The zero-order valence-corrected chi connectivity index (χ0v) is 8.11. The van der Waals surface area contributed by atoms with Gasteiger partial charge in [0.2, 0.25) is 0 Å². The standard InChI is InChI=1S/C10H14N4/c11-10(9-4-5-12-8-13-9)14-6-2-1-3-7-14/h4-5,8,11H,1-3,6-7H2. The van der Waals surface area contributed by atoms with Crippen molar-refractivity contribution in [3.63, 3.8) is 0 Å². The Bertz CT molecular complexity index is 303. The van der Waals surface area contributed by atoms with Gasteiger partial charge in [0, 0.05) is 19.3 Å². The smallest absolute Gasteiger partial charge is 0.147 e. The van der Waals surface area contributed by atoms with E-state index >= 15 is 0 Å². The number of aromatic nitrogens is 2. The molecule has 1 aliphatic heterocycles. The van der Waals surface area contributed by atoms with E-state index in [2.05, 4.69) is 14.9 Å². The second-order valence-electron chi connectivity index (χ2n) is 3.49. The van der Waals surface area contributed by atoms with Gasteiger partial charge in [-0.15, -0.1) is 0 Å². The fourth-order valence-corrected chi connectivity index (χ4v) is 1.71. The summed E-state index contributed by atoms with van der Waals surface area (Å²) in [5.41, 5.74) is 0.724. The van der Waals surface area contributed by atoms with Crippen molar-refractivity contribution in [3.8, 4) is 0 Å². The summed E-state index contributed by atoms with van der Waals surface area (Å²) >= 11 is 0. The van der Waals surface area contributed by atoms with Crippen LogP contribution in [0.3, 0.4) is 0 Å². The van der Waals surface area contributed by atoms with E-state index in [1.807, 2.05) is 0 Å².